The molecule has 0 unspecified atom stereocenters. The van der Waals surface area contributed by atoms with E-state index in [9.17, 15) is 0 Å². The van der Waals surface area contributed by atoms with Crippen LogP contribution in [0.4, 0.5) is 0 Å². The van der Waals surface area contributed by atoms with Crippen molar-refractivity contribution in [3.63, 3.8) is 0 Å². The van der Waals surface area contributed by atoms with Crippen LogP contribution < -0.4 is 10.6 Å². The summed E-state index contributed by atoms with van der Waals surface area (Å²) in [5.41, 5.74) is 0. The molecule has 0 amide bonds. The zero-order chi connectivity index (χ0) is 15.3. The lowest BCUT2D eigenvalue weighted by molar-refractivity contribution is 0.216. The van der Waals surface area contributed by atoms with Crippen LogP contribution in [0.1, 0.15) is 20.8 Å². The highest BCUT2D eigenvalue weighted by Crippen LogP contribution is 1.92. The van der Waals surface area contributed by atoms with Crippen molar-refractivity contribution in [2.24, 2.45) is 0 Å². The number of piperazine rings is 1. The fraction of sp³-hybridized carbons (Fsp3) is 1.00. The molecule has 0 aromatic rings. The molecule has 21 heavy (non-hydrogen) atoms. The van der Waals surface area contributed by atoms with Crippen LogP contribution in [0.25, 0.3) is 0 Å². The van der Waals surface area contributed by atoms with Crippen molar-refractivity contribution in [1.29, 1.82) is 0 Å². The van der Waals surface area contributed by atoms with E-state index in [-0.39, 0.29) is 0 Å². The molecule has 2 N–H and O–H groups in total. The van der Waals surface area contributed by atoms with Crippen molar-refractivity contribution in [1.82, 2.24) is 25.3 Å². The van der Waals surface area contributed by atoms with E-state index >= 15 is 0 Å². The van der Waals surface area contributed by atoms with Gasteiger partial charge < -0.3 is 20.4 Å². The van der Waals surface area contributed by atoms with E-state index in [0.29, 0.717) is 0 Å². The van der Waals surface area contributed by atoms with Crippen molar-refractivity contribution in [3.8, 4) is 0 Å². The molecule has 1 aliphatic heterocycles. The zero-order valence-corrected chi connectivity index (χ0v) is 14.5. The van der Waals surface area contributed by atoms with E-state index < -0.39 is 0 Å². The molecule has 0 radical (unpaired) electrons. The van der Waals surface area contributed by atoms with E-state index in [1.165, 1.54) is 39.3 Å². The standard InChI is InChI=1S/C16H37N5/c1-4-19(5-2)15-16-20(6-3)11-7-17-8-12-21-13-9-18-10-14-21/h17-18H,4-16H2,1-3H3. The van der Waals surface area contributed by atoms with Crippen LogP contribution in [-0.2, 0) is 0 Å². The topological polar surface area (TPSA) is 33.8 Å². The SMILES string of the molecule is CCN(CC)CCN(CC)CCNCCN1CCNCC1. The lowest BCUT2D eigenvalue weighted by atomic mass is 10.3. The summed E-state index contributed by atoms with van der Waals surface area (Å²) in [4.78, 5) is 7.60. The molecule has 1 saturated heterocycles. The summed E-state index contributed by atoms with van der Waals surface area (Å²) in [6, 6.07) is 0. The van der Waals surface area contributed by atoms with E-state index in [2.05, 4.69) is 46.1 Å². The maximum absolute atomic E-state index is 3.60. The Morgan fingerprint density at radius 1 is 0.857 bits per heavy atom. The first-order valence-corrected chi connectivity index (χ1v) is 8.88. The van der Waals surface area contributed by atoms with Crippen molar-refractivity contribution in [2.75, 3.05) is 85.1 Å². The van der Waals surface area contributed by atoms with Gasteiger partial charge in [-0.15, -0.1) is 0 Å². The molecule has 0 bridgehead atoms. The molecule has 1 aliphatic rings. The minimum absolute atomic E-state index is 1.11. The highest BCUT2D eigenvalue weighted by molar-refractivity contribution is 4.68. The Balaban J connectivity index is 2.00. The molecule has 0 saturated carbocycles. The van der Waals surface area contributed by atoms with E-state index in [0.717, 1.165) is 45.8 Å². The second kappa shape index (κ2) is 12.4. The number of nitrogens with one attached hydrogen (secondary N) is 2. The fourth-order valence-electron chi connectivity index (χ4n) is 2.78. The molecule has 0 aromatic heterocycles. The van der Waals surface area contributed by atoms with Gasteiger partial charge in [0.05, 0.1) is 0 Å². The Kier molecular flexibility index (Phi) is 11.1. The first-order chi connectivity index (χ1) is 10.3. The van der Waals surface area contributed by atoms with E-state index in [1.807, 2.05) is 0 Å². The molecule has 5 nitrogen and oxygen atoms in total. The van der Waals surface area contributed by atoms with Gasteiger partial charge in [0.1, 0.15) is 0 Å². The Morgan fingerprint density at radius 2 is 1.48 bits per heavy atom. The van der Waals surface area contributed by atoms with Crippen LogP contribution in [0.5, 0.6) is 0 Å². The third-order valence-corrected chi connectivity index (χ3v) is 4.49. The van der Waals surface area contributed by atoms with Crippen molar-refractivity contribution < 1.29 is 0 Å². The summed E-state index contributed by atoms with van der Waals surface area (Å²) in [5.74, 6) is 0. The van der Waals surface area contributed by atoms with E-state index in [1.54, 1.807) is 0 Å². The Morgan fingerprint density at radius 3 is 2.10 bits per heavy atom. The summed E-state index contributed by atoms with van der Waals surface area (Å²) in [5, 5.41) is 6.99. The molecule has 126 valence electrons. The van der Waals surface area contributed by atoms with Crippen molar-refractivity contribution in [3.05, 3.63) is 0 Å². The van der Waals surface area contributed by atoms with Crippen molar-refractivity contribution in [2.45, 2.75) is 20.8 Å². The highest BCUT2D eigenvalue weighted by atomic mass is 15.2. The monoisotopic (exact) mass is 299 g/mol. The van der Waals surface area contributed by atoms with Crippen LogP contribution in [-0.4, -0.2) is 99.8 Å². The van der Waals surface area contributed by atoms with Gasteiger partial charge in [-0.3, -0.25) is 4.90 Å². The Hall–Kier alpha value is -0.200. The summed E-state index contributed by atoms with van der Waals surface area (Å²) in [6.07, 6.45) is 0. The maximum Gasteiger partial charge on any atom is 0.0110 e. The van der Waals surface area contributed by atoms with E-state index in [4.69, 9.17) is 0 Å². The average molecular weight is 300 g/mol. The first kappa shape index (κ1) is 18.8. The molecule has 0 spiro atoms. The minimum Gasteiger partial charge on any atom is -0.314 e. The largest absolute Gasteiger partial charge is 0.314 e. The second-order valence-corrected chi connectivity index (χ2v) is 5.80. The molecule has 0 atom stereocenters. The van der Waals surface area contributed by atoms with Gasteiger partial charge in [-0.25, -0.2) is 0 Å². The van der Waals surface area contributed by atoms with Gasteiger partial charge in [0.25, 0.3) is 0 Å². The number of hydrogen-bond acceptors (Lipinski definition) is 5. The number of hydrogen-bond donors (Lipinski definition) is 2. The van der Waals surface area contributed by atoms with Crippen LogP contribution in [0.15, 0.2) is 0 Å². The third-order valence-electron chi connectivity index (χ3n) is 4.49. The molecule has 5 heteroatoms. The summed E-state index contributed by atoms with van der Waals surface area (Å²) in [6.45, 7) is 21.9. The van der Waals surface area contributed by atoms with Crippen LogP contribution in [0.2, 0.25) is 0 Å². The molecule has 1 heterocycles. The summed E-state index contributed by atoms with van der Waals surface area (Å²) >= 11 is 0. The molecular formula is C16H37N5. The number of rotatable bonds is 12. The molecular weight excluding hydrogens is 262 g/mol. The van der Waals surface area contributed by atoms with Gasteiger partial charge >= 0.3 is 0 Å². The molecule has 0 aliphatic carbocycles. The number of nitrogens with zero attached hydrogens (tertiary/aromatic N) is 3. The lowest BCUT2D eigenvalue weighted by Crippen LogP contribution is -2.46. The van der Waals surface area contributed by atoms with Gasteiger partial charge in [0, 0.05) is 65.4 Å². The van der Waals surface area contributed by atoms with Gasteiger partial charge in [0.15, 0.2) is 0 Å². The van der Waals surface area contributed by atoms with Crippen molar-refractivity contribution >= 4 is 0 Å². The number of likely N-dealkylation sites (N-methyl/N-ethyl adjacent to an activating group) is 2. The van der Waals surface area contributed by atoms with Gasteiger partial charge in [0.2, 0.25) is 0 Å². The highest BCUT2D eigenvalue weighted by Gasteiger charge is 2.08. The summed E-state index contributed by atoms with van der Waals surface area (Å²) in [7, 11) is 0. The average Bonchev–Trinajstić information content (AvgIpc) is 2.54. The minimum atomic E-state index is 1.11. The van der Waals surface area contributed by atoms with Crippen LogP contribution in [0, 0.1) is 0 Å². The smallest absolute Gasteiger partial charge is 0.0110 e. The Bertz CT molecular complexity index is 227. The third kappa shape index (κ3) is 8.73. The molecule has 0 aromatic carbocycles. The normalized spacial score (nSPS) is 17.0. The maximum atomic E-state index is 3.60. The van der Waals surface area contributed by atoms with Gasteiger partial charge in [-0.2, -0.15) is 0 Å². The molecule has 1 fully saturated rings. The lowest BCUT2D eigenvalue weighted by Gasteiger charge is -2.28. The zero-order valence-electron chi connectivity index (χ0n) is 14.5. The van der Waals surface area contributed by atoms with Gasteiger partial charge in [-0.05, 0) is 19.6 Å². The van der Waals surface area contributed by atoms with Gasteiger partial charge in [-0.1, -0.05) is 20.8 Å². The molecule has 1 rings (SSSR count). The first-order valence-electron chi connectivity index (χ1n) is 8.88. The predicted molar refractivity (Wildman–Crippen MR) is 92.1 cm³/mol. The quantitative estimate of drug-likeness (QED) is 0.501. The fourth-order valence-corrected chi connectivity index (χ4v) is 2.78. The Labute approximate surface area is 132 Å². The summed E-state index contributed by atoms with van der Waals surface area (Å²) < 4.78 is 0. The second-order valence-electron chi connectivity index (χ2n) is 5.80. The predicted octanol–water partition coefficient (Wildman–Crippen LogP) is 0.145. The van der Waals surface area contributed by atoms with Crippen LogP contribution >= 0.6 is 0 Å². The van der Waals surface area contributed by atoms with Crippen LogP contribution in [0.3, 0.4) is 0 Å².